The zero-order valence-electron chi connectivity index (χ0n) is 18.5. The molecule has 2 aliphatic heterocycles. The largest absolute Gasteiger partial charge is 0.425 e. The molecule has 0 aromatic rings. The van der Waals surface area contributed by atoms with Gasteiger partial charge in [-0.25, -0.2) is 4.79 Å². The molecule has 8 nitrogen and oxygen atoms in total. The van der Waals surface area contributed by atoms with E-state index in [9.17, 15) is 19.5 Å². The lowest BCUT2D eigenvalue weighted by Crippen LogP contribution is -2.64. The highest BCUT2D eigenvalue weighted by Gasteiger charge is 2.62. The van der Waals surface area contributed by atoms with Gasteiger partial charge in [0, 0.05) is 20.0 Å². The number of rotatable bonds is 6. The molecule has 0 bridgehead atoms. The quantitative estimate of drug-likeness (QED) is 0.388. The van der Waals surface area contributed by atoms with Crippen LogP contribution in [0.15, 0.2) is 11.3 Å². The van der Waals surface area contributed by atoms with Crippen LogP contribution in [0.4, 0.5) is 0 Å². The van der Waals surface area contributed by atoms with Crippen LogP contribution < -0.4 is 0 Å². The van der Waals surface area contributed by atoms with Crippen molar-refractivity contribution in [2.45, 2.75) is 89.8 Å². The van der Waals surface area contributed by atoms with Crippen molar-refractivity contribution in [2.24, 2.45) is 17.8 Å². The summed E-state index contributed by atoms with van der Waals surface area (Å²) in [4.78, 5) is 39.8. The van der Waals surface area contributed by atoms with E-state index in [-0.39, 0.29) is 41.6 Å². The summed E-state index contributed by atoms with van der Waals surface area (Å²) >= 11 is 0. The molecule has 4 rings (SSSR count). The van der Waals surface area contributed by atoms with Gasteiger partial charge in [-0.3, -0.25) is 9.59 Å². The third-order valence-corrected chi connectivity index (χ3v) is 7.33. The molecule has 0 spiro atoms. The van der Waals surface area contributed by atoms with Crippen LogP contribution >= 0.6 is 0 Å². The van der Waals surface area contributed by atoms with Crippen LogP contribution in [0.1, 0.15) is 65.2 Å². The van der Waals surface area contributed by atoms with Gasteiger partial charge < -0.3 is 24.2 Å². The Morgan fingerprint density at radius 2 is 1.74 bits per heavy atom. The Labute approximate surface area is 182 Å². The molecule has 2 heterocycles. The van der Waals surface area contributed by atoms with E-state index in [1.807, 2.05) is 0 Å². The summed E-state index contributed by atoms with van der Waals surface area (Å²) in [6.07, 6.45) is 5.17. The van der Waals surface area contributed by atoms with E-state index < -0.39 is 24.3 Å². The molecule has 6 unspecified atom stereocenters. The number of β-lactam (4-membered cyclic amide) rings is 1. The summed E-state index contributed by atoms with van der Waals surface area (Å²) < 4.78 is 16.5. The van der Waals surface area contributed by atoms with E-state index in [1.165, 1.54) is 11.8 Å². The molecule has 1 N–H and O–H groups in total. The van der Waals surface area contributed by atoms with Crippen molar-refractivity contribution in [3.63, 3.8) is 0 Å². The summed E-state index contributed by atoms with van der Waals surface area (Å²) in [6, 6.07) is -0.247. The van der Waals surface area contributed by atoms with Crippen molar-refractivity contribution in [3.8, 4) is 0 Å². The molecule has 4 aliphatic rings. The molecule has 1 saturated heterocycles. The minimum absolute atomic E-state index is 0.0290. The normalized spacial score (nSPS) is 32.6. The zero-order chi connectivity index (χ0) is 22.3. The molecule has 31 heavy (non-hydrogen) atoms. The molecule has 8 heteroatoms. The fraction of sp³-hybridized carbons (Fsp3) is 0.783. The monoisotopic (exact) mass is 435 g/mol. The second-order valence-corrected chi connectivity index (χ2v) is 9.28. The van der Waals surface area contributed by atoms with E-state index in [1.54, 1.807) is 14.0 Å². The predicted molar refractivity (Wildman–Crippen MR) is 109 cm³/mol. The maximum Gasteiger partial charge on any atom is 0.358 e. The first-order chi connectivity index (χ1) is 14.8. The summed E-state index contributed by atoms with van der Waals surface area (Å²) in [7, 11) is 1.60. The Balaban J connectivity index is 1.51. The fourth-order valence-corrected chi connectivity index (χ4v) is 5.90. The topological polar surface area (TPSA) is 102 Å². The third-order valence-electron chi connectivity index (χ3n) is 7.33. The van der Waals surface area contributed by atoms with Crippen molar-refractivity contribution >= 4 is 17.8 Å². The van der Waals surface area contributed by atoms with Gasteiger partial charge in [-0.2, -0.15) is 0 Å². The number of fused-ring (bicyclic) bond motifs is 3. The molecule has 2 aliphatic carbocycles. The molecule has 2 saturated carbocycles. The van der Waals surface area contributed by atoms with Gasteiger partial charge >= 0.3 is 11.9 Å². The van der Waals surface area contributed by atoms with Gasteiger partial charge in [-0.05, 0) is 44.6 Å². The fourth-order valence-electron chi connectivity index (χ4n) is 5.90. The number of methoxy groups -OCH3 is 1. The van der Waals surface area contributed by atoms with Crippen molar-refractivity contribution in [2.75, 3.05) is 7.11 Å². The summed E-state index contributed by atoms with van der Waals surface area (Å²) in [5, 5.41) is 10.1. The van der Waals surface area contributed by atoms with E-state index in [4.69, 9.17) is 14.2 Å². The second kappa shape index (κ2) is 8.90. The van der Waals surface area contributed by atoms with E-state index in [0.29, 0.717) is 0 Å². The van der Waals surface area contributed by atoms with Gasteiger partial charge in [0.2, 0.25) is 12.2 Å². The number of carbonyl (C=O) groups excluding carboxylic acids is 3. The Hall–Kier alpha value is -1.93. The van der Waals surface area contributed by atoms with Gasteiger partial charge in [0.1, 0.15) is 5.70 Å². The minimum Gasteiger partial charge on any atom is -0.425 e. The number of esters is 2. The summed E-state index contributed by atoms with van der Waals surface area (Å²) in [6.45, 7) is 3.14. The van der Waals surface area contributed by atoms with Crippen LogP contribution in [0.3, 0.4) is 0 Å². The van der Waals surface area contributed by atoms with Crippen LogP contribution in [-0.4, -0.2) is 59.5 Å². The van der Waals surface area contributed by atoms with Crippen LogP contribution in [-0.2, 0) is 28.6 Å². The Bertz CT molecular complexity index is 770. The number of carbonyl (C=O) groups is 3. The predicted octanol–water partition coefficient (Wildman–Crippen LogP) is 2.29. The number of aliphatic hydroxyl groups excluding tert-OH is 1. The van der Waals surface area contributed by atoms with Crippen molar-refractivity contribution in [1.82, 2.24) is 4.90 Å². The highest BCUT2D eigenvalue weighted by atomic mass is 16.7. The number of nitrogens with zero attached hydrogens (tertiary/aromatic N) is 1. The van der Waals surface area contributed by atoms with Gasteiger partial charge in [0.25, 0.3) is 0 Å². The highest BCUT2D eigenvalue weighted by Crippen LogP contribution is 2.52. The third kappa shape index (κ3) is 3.89. The van der Waals surface area contributed by atoms with Crippen LogP contribution in [0.25, 0.3) is 0 Å². The molecule has 3 fully saturated rings. The lowest BCUT2D eigenvalue weighted by atomic mass is 9.72. The highest BCUT2D eigenvalue weighted by molar-refractivity contribution is 6.01. The molecule has 0 aromatic carbocycles. The number of aliphatic hydroxyl groups is 1. The number of ether oxygens (including phenoxy) is 3. The number of hydrogen-bond donors (Lipinski definition) is 1. The van der Waals surface area contributed by atoms with Crippen molar-refractivity contribution in [3.05, 3.63) is 11.3 Å². The maximum atomic E-state index is 13.2. The van der Waals surface area contributed by atoms with Gasteiger partial charge in [0.05, 0.1) is 30.1 Å². The summed E-state index contributed by atoms with van der Waals surface area (Å²) in [5.74, 6) is -1.97. The van der Waals surface area contributed by atoms with Crippen molar-refractivity contribution < 1.29 is 33.7 Å². The number of amides is 1. The average Bonchev–Trinajstić information content (AvgIpc) is 3.04. The molecular formula is C23H33NO7. The minimum atomic E-state index is -1.04. The average molecular weight is 436 g/mol. The first kappa shape index (κ1) is 22.3. The van der Waals surface area contributed by atoms with Crippen LogP contribution in [0.5, 0.6) is 0 Å². The molecular weight excluding hydrogens is 402 g/mol. The Morgan fingerprint density at radius 1 is 1.03 bits per heavy atom. The first-order valence-electron chi connectivity index (χ1n) is 11.5. The smallest absolute Gasteiger partial charge is 0.358 e. The zero-order valence-corrected chi connectivity index (χ0v) is 18.5. The second-order valence-electron chi connectivity index (χ2n) is 9.28. The summed E-state index contributed by atoms with van der Waals surface area (Å²) in [5.41, 5.74) is 0.995. The van der Waals surface area contributed by atoms with Crippen LogP contribution in [0.2, 0.25) is 0 Å². The van der Waals surface area contributed by atoms with E-state index in [0.717, 1.165) is 56.9 Å². The lowest BCUT2D eigenvalue weighted by molar-refractivity contribution is -0.189. The van der Waals surface area contributed by atoms with Gasteiger partial charge in [-0.15, -0.1) is 0 Å². The molecule has 0 aromatic heterocycles. The molecule has 6 atom stereocenters. The Kier molecular flexibility index (Phi) is 6.40. The van der Waals surface area contributed by atoms with Gasteiger partial charge in [0.15, 0.2) is 0 Å². The molecule has 172 valence electrons. The molecule has 1 amide bonds. The van der Waals surface area contributed by atoms with E-state index >= 15 is 0 Å². The van der Waals surface area contributed by atoms with E-state index in [2.05, 4.69) is 0 Å². The molecule has 0 radical (unpaired) electrons. The van der Waals surface area contributed by atoms with Crippen molar-refractivity contribution in [1.29, 1.82) is 0 Å². The SMILES string of the molecule is COC1CCCC2C1=C(C(=O)OC(C)OC(=O)C1CCCCC1)N1C(=O)C(C(C)O)C21. The first-order valence-corrected chi connectivity index (χ1v) is 11.5. The van der Waals surface area contributed by atoms with Crippen LogP contribution in [0, 0.1) is 17.8 Å². The Morgan fingerprint density at radius 3 is 2.39 bits per heavy atom. The van der Waals surface area contributed by atoms with Gasteiger partial charge in [-0.1, -0.05) is 19.3 Å². The lowest BCUT2D eigenvalue weighted by Gasteiger charge is -2.47. The number of hydrogen-bond acceptors (Lipinski definition) is 7. The standard InChI is InChI=1S/C23H33NO7/c1-12(25)17-19-15-10-7-11-16(29-3)18(15)20(24(19)21(17)26)23(28)31-13(2)30-22(27)14-8-5-4-6-9-14/h12-17,19,25H,4-11H2,1-3H3. The maximum absolute atomic E-state index is 13.2.